The van der Waals surface area contributed by atoms with Gasteiger partial charge < -0.3 is 59.9 Å². The van der Waals surface area contributed by atoms with Crippen LogP contribution in [-0.4, -0.2) is 148 Å². The molecule has 11 atom stereocenters. The normalized spacial score (nSPS) is 38.3. The molecule has 4 saturated heterocycles. The predicted molar refractivity (Wildman–Crippen MR) is 182 cm³/mol. The first-order valence-corrected chi connectivity index (χ1v) is 18.9. The number of carbonyl (C=O) groups excluding carboxylic acids is 3. The number of nitrogens with one attached hydrogen (secondary N) is 2. The van der Waals surface area contributed by atoms with Gasteiger partial charge in [-0.2, -0.15) is 5.06 Å². The van der Waals surface area contributed by atoms with Crippen molar-refractivity contribution < 1.29 is 68.4 Å². The van der Waals surface area contributed by atoms with E-state index in [0.29, 0.717) is 0 Å². The molecule has 7 N–H and O–H groups in total. The molecule has 1 aromatic carbocycles. The Bertz CT molecular complexity index is 1590. The number of rotatable bonds is 15. The molecule has 54 heavy (non-hydrogen) atoms. The number of hydrogen-bond acceptors (Lipinski definition) is 15. The van der Waals surface area contributed by atoms with E-state index in [4.69, 9.17) is 33.6 Å². The fourth-order valence-electron chi connectivity index (χ4n) is 8.92. The van der Waals surface area contributed by atoms with Crippen LogP contribution in [0.5, 0.6) is 0 Å². The summed E-state index contributed by atoms with van der Waals surface area (Å²) in [5.41, 5.74) is 0.155. The van der Waals surface area contributed by atoms with Crippen molar-refractivity contribution in [2.24, 2.45) is 17.3 Å². The number of ether oxygens (including phenoxy) is 5. The van der Waals surface area contributed by atoms with Crippen molar-refractivity contribution in [3.63, 3.8) is 0 Å². The zero-order valence-electron chi connectivity index (χ0n) is 29.7. The van der Waals surface area contributed by atoms with Crippen molar-refractivity contribution in [1.82, 2.24) is 15.7 Å². The average molecular weight is 760 g/mol. The van der Waals surface area contributed by atoms with Gasteiger partial charge in [-0.3, -0.25) is 19.2 Å². The van der Waals surface area contributed by atoms with Crippen LogP contribution in [0, 0.1) is 17.3 Å². The first kappa shape index (κ1) is 37.8. The topological polar surface area (TPSA) is 235 Å². The SMILES string of the molecule is O=C(CCNC(=O)[C@@]12C[C@H]3OC(=O)[C@@H]1N(Cc1cccc(C=CCO[C@H]4O[C@H](CO)[C@H](O)[C@H](O)[C@H]4O)c1)O[C@@H]2[C@H]1OC(C2CC2)(C2CC2)O[C@H]13)NCCO. The van der Waals surface area contributed by atoms with Crippen molar-refractivity contribution in [2.75, 3.05) is 32.9 Å². The molecule has 0 aromatic heterocycles. The van der Waals surface area contributed by atoms with Gasteiger partial charge in [-0.1, -0.05) is 36.4 Å². The number of benzene rings is 1. The molecule has 17 heteroatoms. The standard InChI is InChI=1S/C37H49N3O14/c41-13-12-38-25(43)10-11-39-35(48)36-16-23-29-30(53-37(52-29,21-6-7-21)22-8-9-22)32(36)54-40(31(36)33(47)50-23)17-20-4-1-3-19(15-20)5-2-14-49-34-28(46)27(45)26(44)24(18-42)51-34/h1-5,15,21-24,26-32,34,41-42,44-46H,6-14,16-18H2,(H,38,43)(H,39,48)/t23-,24-,26+,27+,28-,29+,30+,31+,32-,34+,36+/m1/s1. The maximum Gasteiger partial charge on any atom is 0.327 e. The number of nitrogens with zero attached hydrogens (tertiary/aromatic N) is 1. The first-order chi connectivity index (χ1) is 26.1. The lowest BCUT2D eigenvalue weighted by atomic mass is 9.62. The zero-order valence-corrected chi connectivity index (χ0v) is 29.7. The fraction of sp³-hybridized carbons (Fsp3) is 0.703. The molecule has 2 amide bonds. The maximum absolute atomic E-state index is 14.4. The Labute approximate surface area is 311 Å². The Morgan fingerprint density at radius 3 is 2.46 bits per heavy atom. The molecule has 17 nitrogen and oxygen atoms in total. The van der Waals surface area contributed by atoms with E-state index < -0.39 is 90.8 Å². The number of fused-ring (bicyclic) bond motifs is 4. The molecular formula is C37H49N3O14. The van der Waals surface area contributed by atoms with E-state index in [2.05, 4.69) is 10.6 Å². The van der Waals surface area contributed by atoms with Gasteiger partial charge in [-0.25, -0.2) is 0 Å². The van der Waals surface area contributed by atoms with Gasteiger partial charge in [0.15, 0.2) is 18.1 Å². The maximum atomic E-state index is 14.4. The monoisotopic (exact) mass is 759 g/mol. The van der Waals surface area contributed by atoms with E-state index in [9.17, 15) is 34.8 Å². The summed E-state index contributed by atoms with van der Waals surface area (Å²) in [6.45, 7) is -0.535. The number of aliphatic hydroxyl groups excluding tert-OH is 5. The van der Waals surface area contributed by atoms with Gasteiger partial charge in [0.25, 0.3) is 0 Å². The molecule has 0 radical (unpaired) electrons. The lowest BCUT2D eigenvalue weighted by Crippen LogP contribution is -2.69. The molecule has 7 aliphatic rings. The molecule has 3 aliphatic carbocycles. The zero-order chi connectivity index (χ0) is 37.8. The van der Waals surface area contributed by atoms with Crippen molar-refractivity contribution >= 4 is 23.9 Å². The van der Waals surface area contributed by atoms with Gasteiger partial charge in [-0.05, 0) is 36.8 Å². The summed E-state index contributed by atoms with van der Waals surface area (Å²) >= 11 is 0. The van der Waals surface area contributed by atoms with Gasteiger partial charge in [0, 0.05) is 37.8 Å². The summed E-state index contributed by atoms with van der Waals surface area (Å²) < 4.78 is 30.7. The van der Waals surface area contributed by atoms with Crippen LogP contribution in [0.2, 0.25) is 0 Å². The second kappa shape index (κ2) is 15.1. The van der Waals surface area contributed by atoms with E-state index in [1.807, 2.05) is 24.3 Å². The van der Waals surface area contributed by atoms with Crippen LogP contribution in [0.25, 0.3) is 6.08 Å². The van der Waals surface area contributed by atoms with Crippen molar-refractivity contribution in [3.05, 3.63) is 41.5 Å². The van der Waals surface area contributed by atoms with Crippen LogP contribution in [0.15, 0.2) is 30.3 Å². The van der Waals surface area contributed by atoms with Crippen LogP contribution in [0.4, 0.5) is 0 Å². The molecular weight excluding hydrogens is 710 g/mol. The highest BCUT2D eigenvalue weighted by Gasteiger charge is 2.78. The second-order valence-corrected chi connectivity index (χ2v) is 15.4. The molecule has 296 valence electrons. The molecule has 0 spiro atoms. The van der Waals surface area contributed by atoms with Crippen LogP contribution < -0.4 is 10.6 Å². The third kappa shape index (κ3) is 6.76. The van der Waals surface area contributed by atoms with Crippen LogP contribution in [0.1, 0.15) is 49.7 Å². The van der Waals surface area contributed by atoms with Crippen LogP contribution in [-0.2, 0) is 49.5 Å². The first-order valence-electron chi connectivity index (χ1n) is 18.9. The molecule has 0 unspecified atom stereocenters. The average Bonchev–Trinajstić information content (AvgIpc) is 4.11. The summed E-state index contributed by atoms with van der Waals surface area (Å²) in [6, 6.07) is 6.33. The van der Waals surface area contributed by atoms with E-state index in [0.717, 1.165) is 36.8 Å². The second-order valence-electron chi connectivity index (χ2n) is 15.4. The van der Waals surface area contributed by atoms with E-state index in [1.165, 1.54) is 5.06 Å². The van der Waals surface area contributed by atoms with Crippen LogP contribution in [0.3, 0.4) is 0 Å². The summed E-state index contributed by atoms with van der Waals surface area (Å²) in [5, 5.41) is 55.7. The van der Waals surface area contributed by atoms with Crippen molar-refractivity contribution in [2.45, 2.75) is 112 Å². The largest absolute Gasteiger partial charge is 0.458 e. The summed E-state index contributed by atoms with van der Waals surface area (Å²) in [4.78, 5) is 47.3. The van der Waals surface area contributed by atoms with Gasteiger partial charge in [0.05, 0.1) is 26.4 Å². The number of esters is 1. The van der Waals surface area contributed by atoms with Crippen LogP contribution >= 0.6 is 0 Å². The summed E-state index contributed by atoms with van der Waals surface area (Å²) in [7, 11) is 0. The smallest absolute Gasteiger partial charge is 0.327 e. The van der Waals surface area contributed by atoms with Gasteiger partial charge >= 0.3 is 5.97 Å². The van der Waals surface area contributed by atoms with Crippen molar-refractivity contribution in [3.8, 4) is 0 Å². The molecule has 4 heterocycles. The number of hydrogen-bond donors (Lipinski definition) is 7. The molecule has 1 aromatic rings. The van der Waals surface area contributed by atoms with Gasteiger partial charge in [-0.15, -0.1) is 0 Å². The lowest BCUT2D eigenvalue weighted by Gasteiger charge is -2.48. The minimum absolute atomic E-state index is 0.0123. The van der Waals surface area contributed by atoms with E-state index >= 15 is 0 Å². The van der Waals surface area contributed by atoms with Gasteiger partial charge in [0.2, 0.25) is 11.8 Å². The molecule has 3 saturated carbocycles. The number of hydroxylamine groups is 2. The number of amides is 2. The summed E-state index contributed by atoms with van der Waals surface area (Å²) in [6.07, 6.45) is -2.18. The van der Waals surface area contributed by atoms with E-state index in [1.54, 1.807) is 12.2 Å². The predicted octanol–water partition coefficient (Wildman–Crippen LogP) is -1.77. The summed E-state index contributed by atoms with van der Waals surface area (Å²) in [5.74, 6) is -1.66. The van der Waals surface area contributed by atoms with E-state index in [-0.39, 0.29) is 63.4 Å². The Morgan fingerprint density at radius 1 is 0.981 bits per heavy atom. The van der Waals surface area contributed by atoms with Crippen molar-refractivity contribution in [1.29, 1.82) is 0 Å². The molecule has 7 fully saturated rings. The Kier molecular flexibility index (Phi) is 10.6. The fourth-order valence-corrected chi connectivity index (χ4v) is 8.92. The highest BCUT2D eigenvalue weighted by atomic mass is 16.8. The minimum atomic E-state index is -1.54. The molecule has 4 aliphatic heterocycles. The molecule has 8 rings (SSSR count). The quantitative estimate of drug-likeness (QED) is 0.0981. The lowest BCUT2D eigenvalue weighted by molar-refractivity contribution is -0.298. The Morgan fingerprint density at radius 2 is 1.74 bits per heavy atom. The highest BCUT2D eigenvalue weighted by Crippen LogP contribution is 2.63. The number of aliphatic hydroxyl groups is 5. The third-order valence-corrected chi connectivity index (χ3v) is 11.8. The number of carbonyl (C=O) groups is 3. The minimum Gasteiger partial charge on any atom is -0.458 e. The Hall–Kier alpha value is -3.07. The Balaban J connectivity index is 0.996. The van der Waals surface area contributed by atoms with Gasteiger partial charge in [0.1, 0.15) is 54.2 Å². The third-order valence-electron chi connectivity index (χ3n) is 11.8. The highest BCUT2D eigenvalue weighted by molar-refractivity contribution is 5.94. The molecule has 2 bridgehead atoms.